The minimum atomic E-state index is -4.57. The first-order valence-corrected chi connectivity index (χ1v) is 7.56. The van der Waals surface area contributed by atoms with Crippen LogP contribution >= 0.6 is 0 Å². The fraction of sp³-hybridized carbons (Fsp3) is 0.278. The predicted octanol–water partition coefficient (Wildman–Crippen LogP) is 4.18. The zero-order valence-electron chi connectivity index (χ0n) is 13.5. The van der Waals surface area contributed by atoms with Gasteiger partial charge in [-0.25, -0.2) is 0 Å². The van der Waals surface area contributed by atoms with Crippen LogP contribution in [-0.4, -0.2) is 25.7 Å². The summed E-state index contributed by atoms with van der Waals surface area (Å²) in [5, 5.41) is 2.07. The lowest BCUT2D eigenvalue weighted by Gasteiger charge is -2.22. The van der Waals surface area contributed by atoms with Gasteiger partial charge in [0, 0.05) is 24.8 Å². The summed E-state index contributed by atoms with van der Waals surface area (Å²) in [6.07, 6.45) is -4.57. The first-order valence-electron chi connectivity index (χ1n) is 7.56. The molecule has 0 aromatic heterocycles. The number of anilines is 1. The van der Waals surface area contributed by atoms with Gasteiger partial charge in [0.1, 0.15) is 0 Å². The number of carbonyl (C=O) groups is 1. The summed E-state index contributed by atoms with van der Waals surface area (Å²) in [6, 6.07) is 11.8. The molecule has 2 aromatic carbocycles. The number of nitrogens with zero attached hydrogens (tertiary/aromatic N) is 1. The zero-order valence-corrected chi connectivity index (χ0v) is 13.5. The van der Waals surface area contributed by atoms with Crippen LogP contribution < -0.4 is 10.2 Å². The molecule has 1 amide bonds. The van der Waals surface area contributed by atoms with E-state index in [0.29, 0.717) is 0 Å². The second kappa shape index (κ2) is 7.38. The fourth-order valence-electron chi connectivity index (χ4n) is 2.26. The molecule has 0 aliphatic rings. The first kappa shape index (κ1) is 17.8. The van der Waals surface area contributed by atoms with Gasteiger partial charge in [0.2, 0.25) is 0 Å². The second-order valence-corrected chi connectivity index (χ2v) is 5.42. The fourth-order valence-corrected chi connectivity index (χ4v) is 2.26. The third kappa shape index (κ3) is 4.28. The molecular formula is C18H19F3N2O. The van der Waals surface area contributed by atoms with Crippen molar-refractivity contribution in [1.29, 1.82) is 0 Å². The number of rotatable bonds is 5. The van der Waals surface area contributed by atoms with Gasteiger partial charge in [0.15, 0.2) is 6.04 Å². The summed E-state index contributed by atoms with van der Waals surface area (Å²) in [7, 11) is 1.89. The standard InChI is InChI=1S/C18H19F3N2O/c1-3-23(2)15-11-9-14(10-12-15)17(24)22-16(18(19,20)21)13-7-5-4-6-8-13/h4-12,16H,3H2,1-2H3,(H,22,24). The van der Waals surface area contributed by atoms with Crippen molar-refractivity contribution in [2.45, 2.75) is 19.1 Å². The van der Waals surface area contributed by atoms with E-state index >= 15 is 0 Å². The van der Waals surface area contributed by atoms with Gasteiger partial charge in [0.25, 0.3) is 5.91 Å². The number of benzene rings is 2. The molecule has 0 fully saturated rings. The van der Waals surface area contributed by atoms with Crippen LogP contribution in [0.2, 0.25) is 0 Å². The molecular weight excluding hydrogens is 317 g/mol. The Hall–Kier alpha value is -2.50. The highest BCUT2D eigenvalue weighted by Gasteiger charge is 2.41. The van der Waals surface area contributed by atoms with E-state index in [4.69, 9.17) is 0 Å². The Morgan fingerprint density at radius 3 is 2.17 bits per heavy atom. The molecule has 0 bridgehead atoms. The number of hydrogen-bond acceptors (Lipinski definition) is 2. The van der Waals surface area contributed by atoms with Gasteiger partial charge in [-0.15, -0.1) is 0 Å². The number of hydrogen-bond donors (Lipinski definition) is 1. The summed E-state index contributed by atoms with van der Waals surface area (Å²) >= 11 is 0. The Morgan fingerprint density at radius 1 is 1.08 bits per heavy atom. The quantitative estimate of drug-likeness (QED) is 0.888. The van der Waals surface area contributed by atoms with Gasteiger partial charge >= 0.3 is 6.18 Å². The van der Waals surface area contributed by atoms with Gasteiger partial charge in [-0.05, 0) is 36.8 Å². The Bertz CT molecular complexity index is 669. The number of alkyl halides is 3. The van der Waals surface area contributed by atoms with Crippen LogP contribution in [0.1, 0.15) is 28.9 Å². The Kier molecular flexibility index (Phi) is 5.49. The van der Waals surface area contributed by atoms with E-state index in [0.717, 1.165) is 12.2 Å². The Balaban J connectivity index is 2.19. The third-order valence-corrected chi connectivity index (χ3v) is 3.78. The van der Waals surface area contributed by atoms with Crippen molar-refractivity contribution in [2.24, 2.45) is 0 Å². The lowest BCUT2D eigenvalue weighted by Crippen LogP contribution is -2.38. The maximum Gasteiger partial charge on any atom is 0.412 e. The van der Waals surface area contributed by atoms with Crippen molar-refractivity contribution >= 4 is 11.6 Å². The van der Waals surface area contributed by atoms with E-state index < -0.39 is 18.1 Å². The Morgan fingerprint density at radius 2 is 1.67 bits per heavy atom. The highest BCUT2D eigenvalue weighted by atomic mass is 19.4. The monoisotopic (exact) mass is 336 g/mol. The summed E-state index contributed by atoms with van der Waals surface area (Å²) < 4.78 is 39.8. The number of amides is 1. The Labute approximate surface area is 139 Å². The molecule has 0 saturated heterocycles. The minimum Gasteiger partial charge on any atom is -0.375 e. The van der Waals surface area contributed by atoms with Crippen LogP contribution in [0.3, 0.4) is 0 Å². The molecule has 1 N–H and O–H groups in total. The summed E-state index contributed by atoms with van der Waals surface area (Å²) in [6.45, 7) is 2.77. The highest BCUT2D eigenvalue weighted by molar-refractivity contribution is 5.94. The van der Waals surface area contributed by atoms with E-state index in [1.165, 1.54) is 36.4 Å². The van der Waals surface area contributed by atoms with Crippen molar-refractivity contribution < 1.29 is 18.0 Å². The molecule has 1 atom stereocenters. The van der Waals surface area contributed by atoms with Crippen molar-refractivity contribution in [3.8, 4) is 0 Å². The summed E-state index contributed by atoms with van der Waals surface area (Å²) in [5.41, 5.74) is 1.08. The van der Waals surface area contributed by atoms with Gasteiger partial charge in [-0.3, -0.25) is 4.79 Å². The molecule has 24 heavy (non-hydrogen) atoms. The molecule has 128 valence electrons. The van der Waals surface area contributed by atoms with E-state index in [2.05, 4.69) is 5.32 Å². The lowest BCUT2D eigenvalue weighted by atomic mass is 10.1. The predicted molar refractivity (Wildman–Crippen MR) is 88.1 cm³/mol. The summed E-state index contributed by atoms with van der Waals surface area (Å²) in [5.74, 6) is -0.758. The van der Waals surface area contributed by atoms with Gasteiger partial charge in [-0.1, -0.05) is 30.3 Å². The highest BCUT2D eigenvalue weighted by Crippen LogP contribution is 2.32. The molecule has 1 unspecified atom stereocenters. The van der Waals surface area contributed by atoms with E-state index in [1.54, 1.807) is 18.2 Å². The van der Waals surface area contributed by atoms with Gasteiger partial charge < -0.3 is 10.2 Å². The molecule has 3 nitrogen and oxygen atoms in total. The van der Waals surface area contributed by atoms with Crippen LogP contribution in [0.25, 0.3) is 0 Å². The van der Waals surface area contributed by atoms with Crippen LogP contribution in [0.15, 0.2) is 54.6 Å². The number of carbonyl (C=O) groups excluding carboxylic acids is 1. The number of nitrogens with one attached hydrogen (secondary N) is 1. The molecule has 2 rings (SSSR count). The minimum absolute atomic E-state index is 0.000636. The smallest absolute Gasteiger partial charge is 0.375 e. The van der Waals surface area contributed by atoms with Crippen LogP contribution in [0.5, 0.6) is 0 Å². The molecule has 0 radical (unpaired) electrons. The maximum atomic E-state index is 13.3. The summed E-state index contributed by atoms with van der Waals surface area (Å²) in [4.78, 5) is 14.2. The van der Waals surface area contributed by atoms with Crippen molar-refractivity contribution in [1.82, 2.24) is 5.32 Å². The average Bonchev–Trinajstić information content (AvgIpc) is 2.58. The average molecular weight is 336 g/mol. The van der Waals surface area contributed by atoms with Crippen molar-refractivity contribution in [2.75, 3.05) is 18.5 Å². The normalized spacial score (nSPS) is 12.5. The van der Waals surface area contributed by atoms with E-state index in [1.807, 2.05) is 18.9 Å². The SMILES string of the molecule is CCN(C)c1ccc(C(=O)NC(c2ccccc2)C(F)(F)F)cc1. The third-order valence-electron chi connectivity index (χ3n) is 3.78. The van der Waals surface area contributed by atoms with E-state index in [-0.39, 0.29) is 11.1 Å². The molecule has 0 aliphatic carbocycles. The van der Waals surface area contributed by atoms with Crippen molar-refractivity contribution in [3.05, 3.63) is 65.7 Å². The lowest BCUT2D eigenvalue weighted by molar-refractivity contribution is -0.155. The largest absolute Gasteiger partial charge is 0.412 e. The van der Waals surface area contributed by atoms with Crippen LogP contribution in [0.4, 0.5) is 18.9 Å². The molecule has 0 heterocycles. The van der Waals surface area contributed by atoms with E-state index in [9.17, 15) is 18.0 Å². The van der Waals surface area contributed by atoms with Crippen LogP contribution in [-0.2, 0) is 0 Å². The van der Waals surface area contributed by atoms with Crippen LogP contribution in [0, 0.1) is 0 Å². The van der Waals surface area contributed by atoms with Crippen molar-refractivity contribution in [3.63, 3.8) is 0 Å². The zero-order chi connectivity index (χ0) is 17.7. The molecule has 0 saturated carbocycles. The first-order chi connectivity index (χ1) is 11.3. The van der Waals surface area contributed by atoms with Gasteiger partial charge in [-0.2, -0.15) is 13.2 Å². The number of halogens is 3. The molecule has 6 heteroatoms. The molecule has 0 spiro atoms. The second-order valence-electron chi connectivity index (χ2n) is 5.42. The maximum absolute atomic E-state index is 13.3. The molecule has 2 aromatic rings. The van der Waals surface area contributed by atoms with Gasteiger partial charge in [0.05, 0.1) is 0 Å². The molecule has 0 aliphatic heterocycles. The topological polar surface area (TPSA) is 32.3 Å².